The highest BCUT2D eigenvalue weighted by Crippen LogP contribution is 2.09. The molecule has 124 valence electrons. The van der Waals surface area contributed by atoms with E-state index < -0.39 is 0 Å². The molecule has 1 aromatic rings. The number of rotatable bonds is 6. The molecule has 1 aromatic carbocycles. The van der Waals surface area contributed by atoms with Gasteiger partial charge >= 0.3 is 0 Å². The van der Waals surface area contributed by atoms with Crippen LogP contribution in [0, 0.1) is 17.2 Å². The SMILES string of the molecule is CC(C)CNC(=O)CN1CCN(Cc2ccc(C#N)cc2)CC1. The van der Waals surface area contributed by atoms with Crippen molar-refractivity contribution in [2.24, 2.45) is 5.92 Å². The lowest BCUT2D eigenvalue weighted by Gasteiger charge is -2.34. The summed E-state index contributed by atoms with van der Waals surface area (Å²) in [6, 6.07) is 9.91. The zero-order chi connectivity index (χ0) is 16.7. The number of carbonyl (C=O) groups excluding carboxylic acids is 1. The molecule has 1 saturated heterocycles. The van der Waals surface area contributed by atoms with Gasteiger partial charge in [0, 0.05) is 39.3 Å². The highest BCUT2D eigenvalue weighted by molar-refractivity contribution is 5.78. The van der Waals surface area contributed by atoms with Gasteiger partial charge in [-0.05, 0) is 23.6 Å². The second-order valence-electron chi connectivity index (χ2n) is 6.56. The summed E-state index contributed by atoms with van der Waals surface area (Å²) in [4.78, 5) is 16.5. The van der Waals surface area contributed by atoms with Crippen LogP contribution in [0.3, 0.4) is 0 Å². The van der Waals surface area contributed by atoms with Crippen molar-refractivity contribution < 1.29 is 4.79 Å². The van der Waals surface area contributed by atoms with Crippen LogP contribution in [0.15, 0.2) is 24.3 Å². The summed E-state index contributed by atoms with van der Waals surface area (Å²) in [6.45, 7) is 10.1. The number of nitriles is 1. The maximum absolute atomic E-state index is 11.9. The first-order chi connectivity index (χ1) is 11.1. The van der Waals surface area contributed by atoms with E-state index in [1.807, 2.05) is 24.3 Å². The van der Waals surface area contributed by atoms with Crippen LogP contribution in [-0.2, 0) is 11.3 Å². The molecule has 0 radical (unpaired) electrons. The molecule has 1 aliphatic heterocycles. The molecule has 1 amide bonds. The Bertz CT molecular complexity index is 539. The third-order valence-corrected chi connectivity index (χ3v) is 4.03. The van der Waals surface area contributed by atoms with Crippen LogP contribution in [0.5, 0.6) is 0 Å². The van der Waals surface area contributed by atoms with Crippen LogP contribution in [-0.4, -0.2) is 55.0 Å². The molecule has 2 rings (SSSR count). The number of benzene rings is 1. The average Bonchev–Trinajstić information content (AvgIpc) is 2.55. The van der Waals surface area contributed by atoms with Gasteiger partial charge < -0.3 is 5.32 Å². The van der Waals surface area contributed by atoms with Crippen molar-refractivity contribution >= 4 is 5.91 Å². The Morgan fingerprint density at radius 2 is 1.78 bits per heavy atom. The lowest BCUT2D eigenvalue weighted by atomic mass is 10.1. The molecule has 23 heavy (non-hydrogen) atoms. The third-order valence-electron chi connectivity index (χ3n) is 4.03. The third kappa shape index (κ3) is 6.01. The van der Waals surface area contributed by atoms with Crippen LogP contribution >= 0.6 is 0 Å². The Morgan fingerprint density at radius 1 is 1.17 bits per heavy atom. The standard InChI is InChI=1S/C18H26N4O/c1-15(2)12-20-18(23)14-22-9-7-21(8-10-22)13-17-5-3-16(11-19)4-6-17/h3-6,15H,7-10,12-14H2,1-2H3,(H,20,23). The van der Waals surface area contributed by atoms with Gasteiger partial charge in [0.05, 0.1) is 18.2 Å². The quantitative estimate of drug-likeness (QED) is 0.863. The van der Waals surface area contributed by atoms with Gasteiger partial charge in [-0.2, -0.15) is 5.26 Å². The second kappa shape index (κ2) is 8.66. The Morgan fingerprint density at radius 3 is 2.35 bits per heavy atom. The predicted molar refractivity (Wildman–Crippen MR) is 90.7 cm³/mol. The van der Waals surface area contributed by atoms with Gasteiger partial charge in [-0.15, -0.1) is 0 Å². The molecule has 1 N–H and O–H groups in total. The number of hydrogen-bond donors (Lipinski definition) is 1. The summed E-state index contributed by atoms with van der Waals surface area (Å²) >= 11 is 0. The Balaban J connectivity index is 1.71. The fourth-order valence-corrected chi connectivity index (χ4v) is 2.63. The van der Waals surface area contributed by atoms with Gasteiger partial charge in [-0.3, -0.25) is 14.6 Å². The van der Waals surface area contributed by atoms with E-state index in [4.69, 9.17) is 5.26 Å². The van der Waals surface area contributed by atoms with Crippen molar-refractivity contribution in [2.45, 2.75) is 20.4 Å². The van der Waals surface area contributed by atoms with Crippen LogP contribution in [0.1, 0.15) is 25.0 Å². The van der Waals surface area contributed by atoms with Crippen molar-refractivity contribution in [2.75, 3.05) is 39.3 Å². The van der Waals surface area contributed by atoms with Crippen LogP contribution in [0.2, 0.25) is 0 Å². The van der Waals surface area contributed by atoms with Crippen molar-refractivity contribution in [1.82, 2.24) is 15.1 Å². The van der Waals surface area contributed by atoms with Gasteiger partial charge in [0.15, 0.2) is 0 Å². The zero-order valence-corrected chi connectivity index (χ0v) is 14.1. The molecule has 1 heterocycles. The van der Waals surface area contributed by atoms with Gasteiger partial charge in [-0.25, -0.2) is 0 Å². The number of amides is 1. The summed E-state index contributed by atoms with van der Waals surface area (Å²) in [5.41, 5.74) is 1.93. The van der Waals surface area contributed by atoms with Crippen molar-refractivity contribution in [3.05, 3.63) is 35.4 Å². The van der Waals surface area contributed by atoms with E-state index in [1.54, 1.807) is 0 Å². The van der Waals surface area contributed by atoms with E-state index in [0.29, 0.717) is 18.0 Å². The number of nitrogens with one attached hydrogen (secondary N) is 1. The highest BCUT2D eigenvalue weighted by Gasteiger charge is 2.18. The minimum Gasteiger partial charge on any atom is -0.355 e. The number of hydrogen-bond acceptors (Lipinski definition) is 4. The topological polar surface area (TPSA) is 59.4 Å². The normalized spacial score (nSPS) is 16.3. The van der Waals surface area contributed by atoms with E-state index in [-0.39, 0.29) is 5.91 Å². The Hall–Kier alpha value is -1.90. The molecular formula is C18H26N4O. The number of nitrogens with zero attached hydrogens (tertiary/aromatic N) is 3. The summed E-state index contributed by atoms with van der Waals surface area (Å²) in [5, 5.41) is 11.8. The lowest BCUT2D eigenvalue weighted by Crippen LogP contribution is -2.49. The van der Waals surface area contributed by atoms with Gasteiger partial charge in [0.25, 0.3) is 0 Å². The van der Waals surface area contributed by atoms with Gasteiger partial charge in [0.1, 0.15) is 0 Å². The molecule has 1 aliphatic rings. The molecule has 0 aromatic heterocycles. The molecule has 5 heteroatoms. The molecule has 1 fully saturated rings. The van der Waals surface area contributed by atoms with Gasteiger partial charge in [0.2, 0.25) is 5.91 Å². The van der Waals surface area contributed by atoms with E-state index in [2.05, 4.69) is 35.0 Å². The van der Waals surface area contributed by atoms with Crippen LogP contribution in [0.25, 0.3) is 0 Å². The maximum Gasteiger partial charge on any atom is 0.234 e. The molecule has 0 saturated carbocycles. The summed E-state index contributed by atoms with van der Waals surface area (Å²) < 4.78 is 0. The Labute approximate surface area is 138 Å². The first kappa shape index (κ1) is 17.5. The van der Waals surface area contributed by atoms with E-state index >= 15 is 0 Å². The first-order valence-corrected chi connectivity index (χ1v) is 8.27. The predicted octanol–water partition coefficient (Wildman–Crippen LogP) is 1.45. The minimum atomic E-state index is 0.124. The zero-order valence-electron chi connectivity index (χ0n) is 14.1. The smallest absolute Gasteiger partial charge is 0.234 e. The van der Waals surface area contributed by atoms with E-state index in [1.165, 1.54) is 5.56 Å². The van der Waals surface area contributed by atoms with E-state index in [0.717, 1.165) is 39.3 Å². The van der Waals surface area contributed by atoms with Crippen LogP contribution in [0.4, 0.5) is 0 Å². The monoisotopic (exact) mass is 314 g/mol. The van der Waals surface area contributed by atoms with Crippen molar-refractivity contribution in [3.63, 3.8) is 0 Å². The molecule has 0 aliphatic carbocycles. The molecule has 0 unspecified atom stereocenters. The number of carbonyl (C=O) groups is 1. The lowest BCUT2D eigenvalue weighted by molar-refractivity contribution is -0.122. The average molecular weight is 314 g/mol. The van der Waals surface area contributed by atoms with Crippen LogP contribution < -0.4 is 5.32 Å². The highest BCUT2D eigenvalue weighted by atomic mass is 16.2. The molecule has 0 bridgehead atoms. The van der Waals surface area contributed by atoms with Crippen molar-refractivity contribution in [3.8, 4) is 6.07 Å². The second-order valence-corrected chi connectivity index (χ2v) is 6.56. The first-order valence-electron chi connectivity index (χ1n) is 8.27. The number of piperazine rings is 1. The Kier molecular flexibility index (Phi) is 6.57. The fraction of sp³-hybridized carbons (Fsp3) is 0.556. The summed E-state index contributed by atoms with van der Waals surface area (Å²) in [7, 11) is 0. The molecule has 0 spiro atoms. The molecule has 0 atom stereocenters. The summed E-state index contributed by atoms with van der Waals surface area (Å²) in [6.07, 6.45) is 0. The summed E-state index contributed by atoms with van der Waals surface area (Å²) in [5.74, 6) is 0.613. The maximum atomic E-state index is 11.9. The van der Waals surface area contributed by atoms with Gasteiger partial charge in [-0.1, -0.05) is 26.0 Å². The largest absolute Gasteiger partial charge is 0.355 e. The van der Waals surface area contributed by atoms with E-state index in [9.17, 15) is 4.79 Å². The fourth-order valence-electron chi connectivity index (χ4n) is 2.63. The minimum absolute atomic E-state index is 0.124. The molecule has 5 nitrogen and oxygen atoms in total. The van der Waals surface area contributed by atoms with Crippen molar-refractivity contribution in [1.29, 1.82) is 5.26 Å². The molecular weight excluding hydrogens is 288 g/mol.